The summed E-state index contributed by atoms with van der Waals surface area (Å²) in [5, 5.41) is 7.63. The first-order valence-electron chi connectivity index (χ1n) is 12.0. The molecule has 8 nitrogen and oxygen atoms in total. The van der Waals surface area contributed by atoms with Crippen molar-refractivity contribution in [3.63, 3.8) is 0 Å². The third-order valence-corrected chi connectivity index (χ3v) is 6.63. The maximum Gasteiger partial charge on any atom is 0.338 e. The van der Waals surface area contributed by atoms with Crippen LogP contribution in [0.2, 0.25) is 5.02 Å². The minimum Gasteiger partial charge on any atom is -0.496 e. The van der Waals surface area contributed by atoms with E-state index in [4.69, 9.17) is 31.5 Å². The predicted molar refractivity (Wildman–Crippen MR) is 139 cm³/mol. The van der Waals surface area contributed by atoms with E-state index in [9.17, 15) is 4.79 Å². The Balaban J connectivity index is 1.41. The van der Waals surface area contributed by atoms with Gasteiger partial charge in [0.2, 0.25) is 0 Å². The molecule has 4 N–H and O–H groups in total. The number of nitrogen functional groups attached to an aromatic ring is 1. The van der Waals surface area contributed by atoms with Crippen molar-refractivity contribution in [3.8, 4) is 5.75 Å². The van der Waals surface area contributed by atoms with E-state index in [2.05, 4.69) is 15.5 Å². The average molecular weight is 505 g/mol. The van der Waals surface area contributed by atoms with Gasteiger partial charge in [-0.05, 0) is 43.7 Å². The van der Waals surface area contributed by atoms with Crippen molar-refractivity contribution >= 4 is 23.3 Å². The van der Waals surface area contributed by atoms with Crippen LogP contribution in [-0.2, 0) is 22.6 Å². The molecule has 0 aromatic heterocycles. The molecule has 1 saturated heterocycles. The third-order valence-electron chi connectivity index (χ3n) is 6.30. The number of nitrogens with one attached hydrogen (secondary N) is 2. The van der Waals surface area contributed by atoms with E-state index in [0.29, 0.717) is 29.4 Å². The van der Waals surface area contributed by atoms with E-state index in [-0.39, 0.29) is 18.1 Å². The molecule has 0 unspecified atom stereocenters. The molecule has 0 saturated carbocycles. The number of hydrogen-bond acceptors (Lipinski definition) is 8. The summed E-state index contributed by atoms with van der Waals surface area (Å²) in [4.78, 5) is 14.2. The second-order valence-electron chi connectivity index (χ2n) is 8.63. The third kappa shape index (κ3) is 7.81. The van der Waals surface area contributed by atoms with Gasteiger partial charge in [-0.3, -0.25) is 4.90 Å². The quantitative estimate of drug-likeness (QED) is 0.230. The summed E-state index contributed by atoms with van der Waals surface area (Å²) in [6.07, 6.45) is 1.08. The van der Waals surface area contributed by atoms with Crippen LogP contribution in [0.1, 0.15) is 34.8 Å². The van der Waals surface area contributed by atoms with Gasteiger partial charge in [0, 0.05) is 57.5 Å². The van der Waals surface area contributed by atoms with Crippen molar-refractivity contribution in [2.24, 2.45) is 0 Å². The van der Waals surface area contributed by atoms with Crippen LogP contribution in [0, 0.1) is 0 Å². The molecule has 0 radical (unpaired) electrons. The molecule has 2 aromatic rings. The molecule has 35 heavy (non-hydrogen) atoms. The number of methoxy groups -OCH3 is 2. The lowest BCUT2D eigenvalue weighted by atomic mass is 10.0. The fourth-order valence-corrected chi connectivity index (χ4v) is 4.46. The number of carbonyl (C=O) groups excluding carboxylic acids is 1. The van der Waals surface area contributed by atoms with Gasteiger partial charge in [-0.15, -0.1) is 0 Å². The largest absolute Gasteiger partial charge is 0.496 e. The summed E-state index contributed by atoms with van der Waals surface area (Å²) in [5.74, 6) is 0.446. The fraction of sp³-hybridized carbons (Fsp3) is 0.500. The van der Waals surface area contributed by atoms with Gasteiger partial charge in [-0.25, -0.2) is 4.79 Å². The number of halogens is 1. The zero-order valence-electron chi connectivity index (χ0n) is 20.8. The molecule has 3 rings (SSSR count). The number of nitrogens with two attached hydrogens (primary N) is 1. The molecule has 2 atom stereocenters. The highest BCUT2D eigenvalue weighted by atomic mass is 35.5. The molecule has 0 aliphatic carbocycles. The Labute approximate surface area is 213 Å². The number of esters is 1. The number of piperidine rings is 1. The zero-order valence-corrected chi connectivity index (χ0v) is 21.6. The van der Waals surface area contributed by atoms with Crippen LogP contribution in [-0.4, -0.2) is 70.0 Å². The summed E-state index contributed by atoms with van der Waals surface area (Å²) in [6.45, 7) is 7.23. The molecule has 9 heteroatoms. The maximum absolute atomic E-state index is 11.8. The lowest BCUT2D eigenvalue weighted by molar-refractivity contribution is 0.00575. The summed E-state index contributed by atoms with van der Waals surface area (Å²) < 4.78 is 16.3. The summed E-state index contributed by atoms with van der Waals surface area (Å²) in [6, 6.07) is 11.4. The topological polar surface area (TPSA) is 98.1 Å². The smallest absolute Gasteiger partial charge is 0.338 e. The second-order valence-corrected chi connectivity index (χ2v) is 9.04. The van der Waals surface area contributed by atoms with Crippen LogP contribution in [0.4, 0.5) is 5.69 Å². The highest BCUT2D eigenvalue weighted by Gasteiger charge is 2.29. The predicted octanol–water partition coefficient (Wildman–Crippen LogP) is 3.08. The van der Waals surface area contributed by atoms with Crippen LogP contribution >= 0.6 is 11.6 Å². The maximum atomic E-state index is 11.8. The van der Waals surface area contributed by atoms with Crippen molar-refractivity contribution in [1.82, 2.24) is 15.5 Å². The van der Waals surface area contributed by atoms with Crippen molar-refractivity contribution < 1.29 is 19.0 Å². The number of benzene rings is 2. The Morgan fingerprint density at radius 3 is 2.66 bits per heavy atom. The number of carbonyl (C=O) groups is 1. The lowest BCUT2D eigenvalue weighted by Crippen LogP contribution is -2.54. The molecule has 1 aliphatic rings. The SMILES string of the molecule is CCOC(=O)c1ccc(CNCCN2CC[C@@H](NCc3cc(Cl)c(N)cc3OC)[C@@H](OC)C2)cc1. The first kappa shape index (κ1) is 27.2. The number of nitrogens with zero attached hydrogens (tertiary/aromatic N) is 1. The fourth-order valence-electron chi connectivity index (χ4n) is 4.28. The lowest BCUT2D eigenvalue weighted by Gasteiger charge is -2.38. The Morgan fingerprint density at radius 2 is 1.97 bits per heavy atom. The minimum atomic E-state index is -0.283. The number of hydrogen-bond donors (Lipinski definition) is 3. The van der Waals surface area contributed by atoms with Gasteiger partial charge in [-0.1, -0.05) is 23.7 Å². The summed E-state index contributed by atoms with van der Waals surface area (Å²) >= 11 is 6.21. The van der Waals surface area contributed by atoms with Crippen LogP contribution in [0.5, 0.6) is 5.75 Å². The van der Waals surface area contributed by atoms with E-state index in [1.165, 1.54) is 0 Å². The molecule has 1 aliphatic heterocycles. The molecule has 0 amide bonds. The highest BCUT2D eigenvalue weighted by molar-refractivity contribution is 6.33. The Kier molecular flexibility index (Phi) is 10.6. The normalized spacial score (nSPS) is 18.4. The first-order valence-corrected chi connectivity index (χ1v) is 12.4. The second kappa shape index (κ2) is 13.7. The molecule has 1 fully saturated rings. The summed E-state index contributed by atoms with van der Waals surface area (Å²) in [7, 11) is 3.40. The molecule has 1 heterocycles. The standard InChI is InChI=1S/C26H37ClN4O4/c1-4-35-26(32)19-7-5-18(6-8-19)15-29-10-12-31-11-9-23(25(17-31)34-3)30-16-20-13-21(27)22(28)14-24(20)33-2/h5-8,13-14,23,25,29-30H,4,9-12,15-17,28H2,1-3H3/t23-,25+/m1/s1. The number of anilines is 1. The van der Waals surface area contributed by atoms with Crippen LogP contribution in [0.25, 0.3) is 0 Å². The van der Waals surface area contributed by atoms with Gasteiger partial charge in [0.1, 0.15) is 5.75 Å². The number of rotatable bonds is 12. The molecule has 2 aromatic carbocycles. The number of likely N-dealkylation sites (tertiary alicyclic amines) is 1. The van der Waals surface area contributed by atoms with Gasteiger partial charge >= 0.3 is 5.97 Å². The van der Waals surface area contributed by atoms with Gasteiger partial charge in [0.05, 0.1) is 36.1 Å². The minimum absolute atomic E-state index is 0.0921. The Bertz CT molecular complexity index is 957. The van der Waals surface area contributed by atoms with Gasteiger partial charge in [-0.2, -0.15) is 0 Å². The van der Waals surface area contributed by atoms with Crippen molar-refractivity contribution in [1.29, 1.82) is 0 Å². The number of ether oxygens (including phenoxy) is 3. The average Bonchev–Trinajstić information content (AvgIpc) is 2.87. The molecule has 0 bridgehead atoms. The molecular formula is C26H37ClN4O4. The Morgan fingerprint density at radius 1 is 1.20 bits per heavy atom. The van der Waals surface area contributed by atoms with Gasteiger partial charge in [0.25, 0.3) is 0 Å². The van der Waals surface area contributed by atoms with E-state index in [1.807, 2.05) is 30.3 Å². The van der Waals surface area contributed by atoms with E-state index < -0.39 is 0 Å². The van der Waals surface area contributed by atoms with E-state index in [0.717, 1.165) is 56.0 Å². The van der Waals surface area contributed by atoms with Crippen LogP contribution < -0.4 is 21.1 Å². The van der Waals surface area contributed by atoms with Crippen molar-refractivity contribution in [2.75, 3.05) is 52.7 Å². The van der Waals surface area contributed by atoms with E-state index >= 15 is 0 Å². The summed E-state index contributed by atoms with van der Waals surface area (Å²) in [5.41, 5.74) is 9.09. The van der Waals surface area contributed by atoms with Crippen molar-refractivity contribution in [3.05, 3.63) is 58.1 Å². The van der Waals surface area contributed by atoms with E-state index in [1.54, 1.807) is 27.2 Å². The molecule has 0 spiro atoms. The molecule has 192 valence electrons. The van der Waals surface area contributed by atoms with Gasteiger partial charge in [0.15, 0.2) is 0 Å². The Hall–Kier alpha value is -2.36. The monoisotopic (exact) mass is 504 g/mol. The van der Waals surface area contributed by atoms with Crippen LogP contribution in [0.3, 0.4) is 0 Å². The highest BCUT2D eigenvalue weighted by Crippen LogP contribution is 2.29. The zero-order chi connectivity index (χ0) is 25.2. The molecular weight excluding hydrogens is 468 g/mol. The van der Waals surface area contributed by atoms with Crippen molar-refractivity contribution in [2.45, 2.75) is 38.6 Å². The van der Waals surface area contributed by atoms with Crippen LogP contribution in [0.15, 0.2) is 36.4 Å². The first-order chi connectivity index (χ1) is 16.9. The van der Waals surface area contributed by atoms with Gasteiger partial charge < -0.3 is 30.6 Å².